The molecule has 2 aliphatic rings. The van der Waals surface area contributed by atoms with Crippen molar-refractivity contribution < 1.29 is 8.78 Å². The highest BCUT2D eigenvalue weighted by Crippen LogP contribution is 2.38. The minimum absolute atomic E-state index is 0.0913. The maximum atomic E-state index is 14.3. The molecule has 0 amide bonds. The van der Waals surface area contributed by atoms with Gasteiger partial charge in [-0.25, -0.2) is 8.78 Å². The summed E-state index contributed by atoms with van der Waals surface area (Å²) in [6.45, 7) is 5.50. The first-order valence-electron chi connectivity index (χ1n) is 6.94. The fourth-order valence-corrected chi connectivity index (χ4v) is 3.24. The first-order chi connectivity index (χ1) is 9.08. The van der Waals surface area contributed by atoms with Crippen LogP contribution in [0.1, 0.15) is 37.2 Å². The molecule has 2 aliphatic heterocycles. The molecule has 2 nitrogen and oxygen atoms in total. The van der Waals surface area contributed by atoms with E-state index in [1.807, 2.05) is 31.2 Å². The van der Waals surface area contributed by atoms with Crippen LogP contribution in [0, 0.1) is 0 Å². The Morgan fingerprint density at radius 1 is 1.11 bits per heavy atom. The fraction of sp³-hybridized carbons (Fsp3) is 0.600. The Labute approximate surface area is 113 Å². The lowest BCUT2D eigenvalue weighted by atomic mass is 9.91. The molecule has 0 aliphatic carbocycles. The van der Waals surface area contributed by atoms with Crippen LogP contribution in [0.5, 0.6) is 0 Å². The van der Waals surface area contributed by atoms with Crippen molar-refractivity contribution in [1.82, 2.24) is 9.80 Å². The topological polar surface area (TPSA) is 6.48 Å². The summed E-state index contributed by atoms with van der Waals surface area (Å²) in [6.07, 6.45) is -1.57. The number of hydrogen-bond acceptors (Lipinski definition) is 2. The lowest BCUT2D eigenvalue weighted by Gasteiger charge is -2.48. The maximum absolute atomic E-state index is 14.3. The molecular weight excluding hydrogens is 246 g/mol. The summed E-state index contributed by atoms with van der Waals surface area (Å²) in [6, 6.07) is 7.90. The van der Waals surface area contributed by atoms with Crippen molar-refractivity contribution in [2.24, 2.45) is 0 Å². The van der Waals surface area contributed by atoms with Gasteiger partial charge >= 0.3 is 0 Å². The Morgan fingerprint density at radius 3 is 2.37 bits per heavy atom. The van der Waals surface area contributed by atoms with Gasteiger partial charge in [0.2, 0.25) is 0 Å². The second kappa shape index (κ2) is 4.84. The van der Waals surface area contributed by atoms with E-state index in [1.54, 1.807) is 0 Å². The van der Waals surface area contributed by atoms with Crippen LogP contribution in [0.25, 0.3) is 0 Å². The second-order valence-corrected chi connectivity index (χ2v) is 5.65. The number of benzene rings is 1. The molecule has 0 N–H and O–H groups in total. The minimum atomic E-state index is -0.947. The molecule has 1 aromatic carbocycles. The van der Waals surface area contributed by atoms with Gasteiger partial charge in [-0.2, -0.15) is 0 Å². The standard InChI is InChI=1S/C15H20F2N2/c1-10-13-5-3-4-6-14(13)15(17)9-19(10)11(2)18-7-12(16)8-18/h3-6,10-12,15H,7-9H2,1-2H3/t10-,11?,15?/m1/s1. The molecule has 0 spiro atoms. The number of alkyl halides is 2. The van der Waals surface area contributed by atoms with Crippen LogP contribution in [0.15, 0.2) is 24.3 Å². The summed E-state index contributed by atoms with van der Waals surface area (Å²) in [5.41, 5.74) is 1.87. The number of halogens is 2. The van der Waals surface area contributed by atoms with Crippen molar-refractivity contribution >= 4 is 0 Å². The molecule has 0 saturated carbocycles. The summed E-state index contributed by atoms with van der Waals surface area (Å²) >= 11 is 0. The van der Waals surface area contributed by atoms with E-state index in [2.05, 4.69) is 16.7 Å². The van der Waals surface area contributed by atoms with E-state index in [-0.39, 0.29) is 12.2 Å². The maximum Gasteiger partial charge on any atom is 0.138 e. The molecule has 0 bridgehead atoms. The highest BCUT2D eigenvalue weighted by Gasteiger charge is 2.38. The van der Waals surface area contributed by atoms with Gasteiger partial charge in [-0.15, -0.1) is 0 Å². The average Bonchev–Trinajstić information content (AvgIpc) is 2.38. The van der Waals surface area contributed by atoms with Crippen molar-refractivity contribution in [2.45, 2.75) is 38.4 Å². The van der Waals surface area contributed by atoms with Gasteiger partial charge < -0.3 is 0 Å². The molecule has 4 heteroatoms. The van der Waals surface area contributed by atoms with Gasteiger partial charge in [-0.3, -0.25) is 9.80 Å². The van der Waals surface area contributed by atoms with Crippen LogP contribution in [0.3, 0.4) is 0 Å². The first-order valence-corrected chi connectivity index (χ1v) is 6.94. The molecule has 0 radical (unpaired) electrons. The highest BCUT2D eigenvalue weighted by molar-refractivity contribution is 5.34. The summed E-state index contributed by atoms with van der Waals surface area (Å²) in [5.74, 6) is 0. The van der Waals surface area contributed by atoms with E-state index < -0.39 is 12.3 Å². The molecule has 1 fully saturated rings. The van der Waals surface area contributed by atoms with Gasteiger partial charge in [0.25, 0.3) is 0 Å². The van der Waals surface area contributed by atoms with E-state index in [9.17, 15) is 8.78 Å². The Morgan fingerprint density at radius 2 is 1.74 bits per heavy atom. The monoisotopic (exact) mass is 266 g/mol. The van der Waals surface area contributed by atoms with Crippen molar-refractivity contribution in [3.63, 3.8) is 0 Å². The van der Waals surface area contributed by atoms with E-state index >= 15 is 0 Å². The number of hydrogen-bond donors (Lipinski definition) is 0. The van der Waals surface area contributed by atoms with Crippen LogP contribution >= 0.6 is 0 Å². The largest absolute Gasteiger partial charge is 0.282 e. The zero-order chi connectivity index (χ0) is 13.6. The normalized spacial score (nSPS) is 30.7. The Hall–Kier alpha value is -1.00. The molecule has 2 unspecified atom stereocenters. The Balaban J connectivity index is 1.81. The molecule has 19 heavy (non-hydrogen) atoms. The molecule has 1 aromatic rings. The number of likely N-dealkylation sites (tertiary alicyclic amines) is 1. The average molecular weight is 266 g/mol. The number of rotatable bonds is 2. The predicted octanol–water partition coefficient (Wildman–Crippen LogP) is 3.07. The third kappa shape index (κ3) is 2.17. The van der Waals surface area contributed by atoms with Crippen LogP contribution in [0.2, 0.25) is 0 Å². The van der Waals surface area contributed by atoms with E-state index in [0.29, 0.717) is 19.6 Å². The van der Waals surface area contributed by atoms with Gasteiger partial charge in [0, 0.05) is 25.7 Å². The second-order valence-electron chi connectivity index (χ2n) is 5.65. The lowest BCUT2D eigenvalue weighted by Crippen LogP contribution is -2.59. The van der Waals surface area contributed by atoms with Gasteiger partial charge in [-0.05, 0) is 25.0 Å². The SMILES string of the molecule is CC(N1CC(F)C1)N1CC(F)c2ccccc2[C@H]1C. The van der Waals surface area contributed by atoms with Gasteiger partial charge in [0.1, 0.15) is 12.3 Å². The van der Waals surface area contributed by atoms with Crippen LogP contribution in [-0.2, 0) is 0 Å². The van der Waals surface area contributed by atoms with Gasteiger partial charge in [0.15, 0.2) is 0 Å². The van der Waals surface area contributed by atoms with Gasteiger partial charge in [0.05, 0.1) is 6.17 Å². The van der Waals surface area contributed by atoms with E-state index in [0.717, 1.165) is 11.1 Å². The molecule has 1 saturated heterocycles. The molecule has 0 aromatic heterocycles. The Kier molecular flexibility index (Phi) is 3.31. The van der Waals surface area contributed by atoms with Crippen molar-refractivity contribution in [2.75, 3.05) is 19.6 Å². The van der Waals surface area contributed by atoms with Crippen LogP contribution < -0.4 is 0 Å². The summed E-state index contributed by atoms with van der Waals surface area (Å²) in [4.78, 5) is 4.21. The lowest BCUT2D eigenvalue weighted by molar-refractivity contribution is -0.0612. The minimum Gasteiger partial charge on any atom is -0.282 e. The third-order valence-electron chi connectivity index (χ3n) is 4.53. The number of fused-ring (bicyclic) bond motifs is 1. The van der Waals surface area contributed by atoms with Crippen LogP contribution in [-0.4, -0.2) is 41.8 Å². The third-order valence-corrected chi connectivity index (χ3v) is 4.53. The first kappa shape index (κ1) is 13.0. The summed E-state index contributed by atoms with van der Waals surface area (Å²) < 4.78 is 27.3. The molecular formula is C15H20F2N2. The summed E-state index contributed by atoms with van der Waals surface area (Å²) in [7, 11) is 0. The van der Waals surface area contributed by atoms with E-state index in [4.69, 9.17) is 0 Å². The highest BCUT2D eigenvalue weighted by atomic mass is 19.1. The smallest absolute Gasteiger partial charge is 0.138 e. The van der Waals surface area contributed by atoms with Crippen molar-refractivity contribution in [3.8, 4) is 0 Å². The predicted molar refractivity (Wildman–Crippen MR) is 71.3 cm³/mol. The molecule has 3 atom stereocenters. The zero-order valence-electron chi connectivity index (χ0n) is 11.4. The number of nitrogens with zero attached hydrogens (tertiary/aromatic N) is 2. The fourth-order valence-electron chi connectivity index (χ4n) is 3.24. The zero-order valence-corrected chi connectivity index (χ0v) is 11.4. The van der Waals surface area contributed by atoms with Gasteiger partial charge in [-0.1, -0.05) is 24.3 Å². The molecule has 2 heterocycles. The molecule has 104 valence electrons. The van der Waals surface area contributed by atoms with E-state index in [1.165, 1.54) is 0 Å². The van der Waals surface area contributed by atoms with Crippen molar-refractivity contribution in [3.05, 3.63) is 35.4 Å². The Bertz CT molecular complexity index is 459. The molecule has 3 rings (SSSR count). The summed E-state index contributed by atoms with van der Waals surface area (Å²) in [5, 5.41) is 0. The quantitative estimate of drug-likeness (QED) is 0.811. The van der Waals surface area contributed by atoms with Crippen molar-refractivity contribution in [1.29, 1.82) is 0 Å². The van der Waals surface area contributed by atoms with Crippen LogP contribution in [0.4, 0.5) is 8.78 Å².